The van der Waals surface area contributed by atoms with Gasteiger partial charge in [0.2, 0.25) is 0 Å². The zero-order chi connectivity index (χ0) is 15.9. The maximum Gasteiger partial charge on any atom is 0.303 e. The first kappa shape index (κ1) is 19.2. The van der Waals surface area contributed by atoms with Crippen LogP contribution in [-0.4, -0.2) is 11.1 Å². The first-order valence-electron chi connectivity index (χ1n) is 9.02. The predicted molar refractivity (Wildman–Crippen MR) is 95.7 cm³/mol. The Morgan fingerprint density at radius 1 is 0.818 bits per heavy atom. The predicted octanol–water partition coefficient (Wildman–Crippen LogP) is 6.45. The van der Waals surface area contributed by atoms with E-state index >= 15 is 0 Å². The van der Waals surface area contributed by atoms with Crippen LogP contribution in [0.2, 0.25) is 0 Å². The first-order chi connectivity index (χ1) is 10.8. The summed E-state index contributed by atoms with van der Waals surface area (Å²) < 4.78 is 0. The van der Waals surface area contributed by atoms with Crippen LogP contribution in [0, 0.1) is 0 Å². The van der Waals surface area contributed by atoms with Crippen molar-refractivity contribution in [2.45, 2.75) is 89.9 Å². The molecule has 0 aliphatic carbocycles. The van der Waals surface area contributed by atoms with Gasteiger partial charge in [-0.3, -0.25) is 4.79 Å². The van der Waals surface area contributed by atoms with Gasteiger partial charge in [0.15, 0.2) is 0 Å². The molecule has 1 rings (SSSR count). The van der Waals surface area contributed by atoms with Gasteiger partial charge in [-0.05, 0) is 41.7 Å². The molecule has 0 unspecified atom stereocenters. The quantitative estimate of drug-likeness (QED) is 0.377. The van der Waals surface area contributed by atoms with E-state index in [-0.39, 0.29) is 0 Å². The second-order valence-electron chi connectivity index (χ2n) is 6.27. The van der Waals surface area contributed by atoms with Crippen LogP contribution in [0.5, 0.6) is 0 Å². The Kier molecular flexibility index (Phi) is 12.1. The number of rotatable bonds is 15. The summed E-state index contributed by atoms with van der Waals surface area (Å²) in [5, 5.41) is 13.0. The van der Waals surface area contributed by atoms with Gasteiger partial charge in [0.05, 0.1) is 0 Å². The number of carboxylic acid groups (broad SMARTS) is 1. The number of hydrogen-bond acceptors (Lipinski definition) is 2. The van der Waals surface area contributed by atoms with Gasteiger partial charge in [0.1, 0.15) is 0 Å². The molecule has 0 spiro atoms. The van der Waals surface area contributed by atoms with Crippen LogP contribution in [0.3, 0.4) is 0 Å². The van der Waals surface area contributed by atoms with Gasteiger partial charge in [-0.1, -0.05) is 64.2 Å². The first-order valence-corrected chi connectivity index (χ1v) is 9.96. The third-order valence-corrected chi connectivity index (χ3v) is 4.92. The number of hydrogen-bond donors (Lipinski definition) is 1. The van der Waals surface area contributed by atoms with Crippen molar-refractivity contribution in [3.8, 4) is 0 Å². The van der Waals surface area contributed by atoms with Crippen molar-refractivity contribution >= 4 is 17.3 Å². The third kappa shape index (κ3) is 11.8. The number of thiophene rings is 1. The Bertz CT molecular complexity index is 360. The summed E-state index contributed by atoms with van der Waals surface area (Å²) in [6.07, 6.45) is 16.9. The molecule has 3 heteroatoms. The summed E-state index contributed by atoms with van der Waals surface area (Å²) >= 11 is 1.80. The van der Waals surface area contributed by atoms with Crippen molar-refractivity contribution in [2.75, 3.05) is 0 Å². The smallest absolute Gasteiger partial charge is 0.303 e. The minimum absolute atomic E-state index is 0.340. The molecule has 0 aliphatic heterocycles. The highest BCUT2D eigenvalue weighted by Crippen LogP contribution is 2.14. The van der Waals surface area contributed by atoms with Crippen molar-refractivity contribution in [1.82, 2.24) is 0 Å². The Morgan fingerprint density at radius 3 is 1.77 bits per heavy atom. The lowest BCUT2D eigenvalue weighted by Gasteiger charge is -2.03. The molecular weight excluding hydrogens is 292 g/mol. The van der Waals surface area contributed by atoms with Crippen LogP contribution in [-0.2, 0) is 11.2 Å². The Labute approximate surface area is 140 Å². The number of aliphatic carboxylic acids is 1. The molecule has 0 saturated carbocycles. The molecule has 0 fully saturated rings. The summed E-state index contributed by atoms with van der Waals surface area (Å²) in [6.45, 7) is 0. The van der Waals surface area contributed by atoms with Gasteiger partial charge in [-0.2, -0.15) is 11.3 Å². The standard InChI is InChI=1S/C19H32O2S/c20-19(21)14-12-10-8-6-4-2-1-3-5-7-9-11-13-18-15-16-22-17-18/h15-17H,1-14H2,(H,20,21). The fourth-order valence-electron chi connectivity index (χ4n) is 2.81. The molecule has 1 heterocycles. The van der Waals surface area contributed by atoms with Gasteiger partial charge in [-0.25, -0.2) is 0 Å². The summed E-state index contributed by atoms with van der Waals surface area (Å²) in [6, 6.07) is 2.24. The van der Waals surface area contributed by atoms with Crippen LogP contribution in [0.1, 0.15) is 89.0 Å². The molecule has 0 atom stereocenters. The van der Waals surface area contributed by atoms with Crippen molar-refractivity contribution in [1.29, 1.82) is 0 Å². The van der Waals surface area contributed by atoms with Gasteiger partial charge in [0, 0.05) is 6.42 Å². The van der Waals surface area contributed by atoms with E-state index in [4.69, 9.17) is 5.11 Å². The monoisotopic (exact) mass is 324 g/mol. The fraction of sp³-hybridized carbons (Fsp3) is 0.737. The maximum atomic E-state index is 10.4. The molecule has 1 aromatic rings. The van der Waals surface area contributed by atoms with Crippen molar-refractivity contribution in [3.63, 3.8) is 0 Å². The minimum Gasteiger partial charge on any atom is -0.481 e. The molecular formula is C19H32O2S. The van der Waals surface area contributed by atoms with Crippen LogP contribution >= 0.6 is 11.3 Å². The highest BCUT2D eigenvalue weighted by molar-refractivity contribution is 7.07. The van der Waals surface area contributed by atoms with Gasteiger partial charge in [-0.15, -0.1) is 0 Å². The summed E-state index contributed by atoms with van der Waals surface area (Å²) in [5.41, 5.74) is 1.51. The number of carboxylic acids is 1. The molecule has 126 valence electrons. The van der Waals surface area contributed by atoms with E-state index < -0.39 is 5.97 Å². The second-order valence-corrected chi connectivity index (χ2v) is 7.05. The molecule has 0 aromatic carbocycles. The fourth-order valence-corrected chi connectivity index (χ4v) is 3.51. The molecule has 0 bridgehead atoms. The van der Waals surface area contributed by atoms with Crippen LogP contribution < -0.4 is 0 Å². The van der Waals surface area contributed by atoms with E-state index in [0.717, 1.165) is 12.8 Å². The third-order valence-electron chi connectivity index (χ3n) is 4.19. The molecule has 2 nitrogen and oxygen atoms in total. The van der Waals surface area contributed by atoms with E-state index in [1.54, 1.807) is 11.3 Å². The Morgan fingerprint density at radius 2 is 1.32 bits per heavy atom. The van der Waals surface area contributed by atoms with Gasteiger partial charge in [0.25, 0.3) is 0 Å². The number of carbonyl (C=O) groups is 1. The van der Waals surface area contributed by atoms with E-state index in [2.05, 4.69) is 16.8 Å². The normalized spacial score (nSPS) is 10.9. The lowest BCUT2D eigenvalue weighted by atomic mass is 10.0. The summed E-state index contributed by atoms with van der Waals surface area (Å²) in [5.74, 6) is -0.657. The van der Waals surface area contributed by atoms with Gasteiger partial charge < -0.3 is 5.11 Å². The van der Waals surface area contributed by atoms with E-state index in [9.17, 15) is 4.79 Å². The molecule has 0 aliphatic rings. The molecule has 1 aromatic heterocycles. The lowest BCUT2D eigenvalue weighted by molar-refractivity contribution is -0.137. The number of aryl methyl sites for hydroxylation is 1. The van der Waals surface area contributed by atoms with E-state index in [1.807, 2.05) is 0 Å². The van der Waals surface area contributed by atoms with Gasteiger partial charge >= 0.3 is 5.97 Å². The zero-order valence-corrected chi connectivity index (χ0v) is 14.7. The maximum absolute atomic E-state index is 10.4. The molecule has 22 heavy (non-hydrogen) atoms. The second kappa shape index (κ2) is 13.8. The van der Waals surface area contributed by atoms with E-state index in [0.29, 0.717) is 6.42 Å². The average Bonchev–Trinajstić information content (AvgIpc) is 3.00. The van der Waals surface area contributed by atoms with Crippen LogP contribution in [0.4, 0.5) is 0 Å². The SMILES string of the molecule is O=C(O)CCCCCCCCCCCCCCc1ccsc1. The number of unbranched alkanes of at least 4 members (excludes halogenated alkanes) is 11. The molecule has 1 N–H and O–H groups in total. The topological polar surface area (TPSA) is 37.3 Å². The molecule has 0 radical (unpaired) electrons. The molecule has 0 amide bonds. The molecule has 0 saturated heterocycles. The highest BCUT2D eigenvalue weighted by atomic mass is 32.1. The Hall–Kier alpha value is -0.830. The van der Waals surface area contributed by atoms with Crippen LogP contribution in [0.15, 0.2) is 16.8 Å². The van der Waals surface area contributed by atoms with Crippen molar-refractivity contribution < 1.29 is 9.90 Å². The largest absolute Gasteiger partial charge is 0.481 e. The lowest BCUT2D eigenvalue weighted by Crippen LogP contribution is -1.93. The zero-order valence-electron chi connectivity index (χ0n) is 13.9. The van der Waals surface area contributed by atoms with Crippen molar-refractivity contribution in [2.24, 2.45) is 0 Å². The summed E-state index contributed by atoms with van der Waals surface area (Å²) in [7, 11) is 0. The van der Waals surface area contributed by atoms with E-state index in [1.165, 1.54) is 76.2 Å². The minimum atomic E-state index is -0.657. The summed E-state index contributed by atoms with van der Waals surface area (Å²) in [4.78, 5) is 10.4. The van der Waals surface area contributed by atoms with Crippen molar-refractivity contribution in [3.05, 3.63) is 22.4 Å². The van der Waals surface area contributed by atoms with Crippen LogP contribution in [0.25, 0.3) is 0 Å². The Balaban J connectivity index is 1.70. The highest BCUT2D eigenvalue weighted by Gasteiger charge is 1.97. The average molecular weight is 325 g/mol.